The van der Waals surface area contributed by atoms with Crippen LogP contribution in [0.25, 0.3) is 0 Å². The van der Waals surface area contributed by atoms with Gasteiger partial charge in [-0.15, -0.1) is 0 Å². The summed E-state index contributed by atoms with van der Waals surface area (Å²) in [5.74, 6) is 0. The normalized spacial score (nSPS) is 9.11. The maximum atomic E-state index is 8.86. The van der Waals surface area contributed by atoms with E-state index in [0.29, 0.717) is 0 Å². The van der Waals surface area contributed by atoms with E-state index in [-0.39, 0.29) is 0 Å². The fourth-order valence-corrected chi connectivity index (χ4v) is 0.644. The molecule has 0 aliphatic carbocycles. The van der Waals surface area contributed by atoms with Crippen LogP contribution in [0, 0.1) is 0 Å². The SMILES string of the molecule is CN(O)c1ccccc1. The van der Waals surface area contributed by atoms with Gasteiger partial charge in [0.1, 0.15) is 0 Å². The molecule has 0 aromatic heterocycles. The van der Waals surface area contributed by atoms with Crippen LogP contribution in [0.2, 0.25) is 0 Å². The van der Waals surface area contributed by atoms with E-state index < -0.39 is 0 Å². The summed E-state index contributed by atoms with van der Waals surface area (Å²) >= 11 is 0. The average molecular weight is 123 g/mol. The van der Waals surface area contributed by atoms with Crippen LogP contribution in [0.3, 0.4) is 0 Å². The van der Waals surface area contributed by atoms with Gasteiger partial charge in [0.05, 0.1) is 5.69 Å². The largest absolute Gasteiger partial charge is 0.289 e. The molecule has 0 aliphatic rings. The zero-order valence-corrected chi connectivity index (χ0v) is 5.28. The highest BCUT2D eigenvalue weighted by molar-refractivity contribution is 5.41. The van der Waals surface area contributed by atoms with E-state index in [2.05, 4.69) is 0 Å². The van der Waals surface area contributed by atoms with Gasteiger partial charge in [-0.1, -0.05) is 18.2 Å². The van der Waals surface area contributed by atoms with Crippen LogP contribution in [0.4, 0.5) is 5.69 Å². The van der Waals surface area contributed by atoms with E-state index >= 15 is 0 Å². The molecule has 0 heterocycles. The van der Waals surface area contributed by atoms with E-state index in [1.54, 1.807) is 7.05 Å². The van der Waals surface area contributed by atoms with Crippen molar-refractivity contribution in [3.05, 3.63) is 30.3 Å². The first-order chi connectivity index (χ1) is 4.30. The number of hydrogen-bond acceptors (Lipinski definition) is 2. The monoisotopic (exact) mass is 123 g/mol. The highest BCUT2D eigenvalue weighted by Gasteiger charge is 1.89. The van der Waals surface area contributed by atoms with Crippen molar-refractivity contribution in [2.75, 3.05) is 12.1 Å². The molecule has 0 radical (unpaired) electrons. The van der Waals surface area contributed by atoms with Crippen molar-refractivity contribution >= 4 is 5.69 Å². The second-order valence-corrected chi connectivity index (χ2v) is 1.86. The molecule has 48 valence electrons. The van der Waals surface area contributed by atoms with Gasteiger partial charge in [-0.05, 0) is 12.1 Å². The Balaban J connectivity index is 2.85. The van der Waals surface area contributed by atoms with Crippen LogP contribution in [0.15, 0.2) is 30.3 Å². The third kappa shape index (κ3) is 1.44. The lowest BCUT2D eigenvalue weighted by Gasteiger charge is -2.08. The molecule has 0 bridgehead atoms. The molecule has 0 atom stereocenters. The minimum Gasteiger partial charge on any atom is -0.289 e. The Kier molecular flexibility index (Phi) is 1.70. The first-order valence-electron chi connectivity index (χ1n) is 2.78. The Morgan fingerprint density at radius 2 is 1.78 bits per heavy atom. The highest BCUT2D eigenvalue weighted by atomic mass is 16.5. The van der Waals surface area contributed by atoms with Gasteiger partial charge in [0.25, 0.3) is 0 Å². The molecule has 2 nitrogen and oxygen atoms in total. The predicted octanol–water partition coefficient (Wildman–Crippen LogP) is 1.51. The Hall–Kier alpha value is -1.02. The van der Waals surface area contributed by atoms with Gasteiger partial charge in [0.15, 0.2) is 0 Å². The number of benzene rings is 1. The minimum absolute atomic E-state index is 0.803. The molecule has 1 rings (SSSR count). The molecule has 0 fully saturated rings. The van der Waals surface area contributed by atoms with E-state index in [1.165, 1.54) is 0 Å². The summed E-state index contributed by atoms with van der Waals surface area (Å²) in [4.78, 5) is 0. The van der Waals surface area contributed by atoms with Gasteiger partial charge in [0, 0.05) is 7.05 Å². The number of para-hydroxylation sites is 1. The summed E-state index contributed by atoms with van der Waals surface area (Å²) in [5, 5.41) is 9.94. The lowest BCUT2D eigenvalue weighted by Crippen LogP contribution is -2.08. The zero-order valence-electron chi connectivity index (χ0n) is 5.28. The van der Waals surface area contributed by atoms with Crippen molar-refractivity contribution in [1.29, 1.82) is 0 Å². The summed E-state index contributed by atoms with van der Waals surface area (Å²) in [6.07, 6.45) is 0. The predicted molar refractivity (Wildman–Crippen MR) is 36.6 cm³/mol. The Morgan fingerprint density at radius 3 is 2.11 bits per heavy atom. The van der Waals surface area contributed by atoms with Gasteiger partial charge >= 0.3 is 0 Å². The fourth-order valence-electron chi connectivity index (χ4n) is 0.644. The van der Waals surface area contributed by atoms with Crippen molar-refractivity contribution in [2.45, 2.75) is 0 Å². The molecule has 1 aromatic carbocycles. The molecule has 0 spiro atoms. The number of hydrogen-bond donors (Lipinski definition) is 1. The van der Waals surface area contributed by atoms with Gasteiger partial charge in [-0.3, -0.25) is 10.3 Å². The van der Waals surface area contributed by atoms with Crippen LogP contribution in [-0.4, -0.2) is 12.3 Å². The van der Waals surface area contributed by atoms with E-state index in [0.717, 1.165) is 10.8 Å². The second kappa shape index (κ2) is 2.51. The highest BCUT2D eigenvalue weighted by Crippen LogP contribution is 2.07. The maximum absolute atomic E-state index is 8.86. The van der Waals surface area contributed by atoms with Gasteiger partial charge in [-0.2, -0.15) is 0 Å². The average Bonchev–Trinajstić information content (AvgIpc) is 1.90. The van der Waals surface area contributed by atoms with E-state index in [4.69, 9.17) is 5.21 Å². The molecule has 0 saturated heterocycles. The van der Waals surface area contributed by atoms with Crippen molar-refractivity contribution in [2.24, 2.45) is 0 Å². The van der Waals surface area contributed by atoms with Gasteiger partial charge in [-0.25, -0.2) is 0 Å². The lowest BCUT2D eigenvalue weighted by molar-refractivity contribution is 0.279. The summed E-state index contributed by atoms with van der Waals surface area (Å²) in [6, 6.07) is 9.33. The van der Waals surface area contributed by atoms with Crippen molar-refractivity contribution in [3.63, 3.8) is 0 Å². The van der Waals surface area contributed by atoms with E-state index in [9.17, 15) is 0 Å². The molecular formula is C7H9NO. The molecule has 1 N–H and O–H groups in total. The Labute approximate surface area is 54.3 Å². The maximum Gasteiger partial charge on any atom is 0.0630 e. The lowest BCUT2D eigenvalue weighted by atomic mass is 10.3. The van der Waals surface area contributed by atoms with Crippen LogP contribution >= 0.6 is 0 Å². The smallest absolute Gasteiger partial charge is 0.0630 e. The van der Waals surface area contributed by atoms with Crippen LogP contribution in [0.1, 0.15) is 0 Å². The minimum atomic E-state index is 0.803. The molecule has 0 aliphatic heterocycles. The number of anilines is 1. The summed E-state index contributed by atoms with van der Waals surface area (Å²) < 4.78 is 0. The molecule has 0 amide bonds. The third-order valence-corrected chi connectivity index (χ3v) is 1.13. The number of hydroxylamine groups is 1. The molecule has 0 unspecified atom stereocenters. The molecule has 9 heavy (non-hydrogen) atoms. The molecule has 2 heteroatoms. The zero-order chi connectivity index (χ0) is 6.69. The van der Waals surface area contributed by atoms with Crippen LogP contribution in [0.5, 0.6) is 0 Å². The van der Waals surface area contributed by atoms with Gasteiger partial charge < -0.3 is 0 Å². The third-order valence-electron chi connectivity index (χ3n) is 1.13. The quantitative estimate of drug-likeness (QED) is 0.572. The van der Waals surface area contributed by atoms with Gasteiger partial charge in [0.2, 0.25) is 0 Å². The van der Waals surface area contributed by atoms with E-state index in [1.807, 2.05) is 30.3 Å². The van der Waals surface area contributed by atoms with Crippen LogP contribution < -0.4 is 5.06 Å². The van der Waals surface area contributed by atoms with Crippen molar-refractivity contribution < 1.29 is 5.21 Å². The molecule has 0 saturated carbocycles. The van der Waals surface area contributed by atoms with Crippen LogP contribution in [-0.2, 0) is 0 Å². The topological polar surface area (TPSA) is 23.5 Å². The second-order valence-electron chi connectivity index (χ2n) is 1.86. The standard InChI is InChI=1S/C7H9NO/c1-8(9)7-5-3-2-4-6-7/h2-6,9H,1H3. The Morgan fingerprint density at radius 1 is 1.22 bits per heavy atom. The fraction of sp³-hybridized carbons (Fsp3) is 0.143. The molecular weight excluding hydrogens is 114 g/mol. The van der Waals surface area contributed by atoms with Crippen molar-refractivity contribution in [3.8, 4) is 0 Å². The Bertz CT molecular complexity index is 172. The van der Waals surface area contributed by atoms with Crippen molar-refractivity contribution in [1.82, 2.24) is 0 Å². The summed E-state index contributed by atoms with van der Waals surface area (Å²) in [6.45, 7) is 0. The number of rotatable bonds is 1. The number of nitrogens with zero attached hydrogens (tertiary/aromatic N) is 1. The summed E-state index contributed by atoms with van der Waals surface area (Å²) in [7, 11) is 1.59. The first kappa shape index (κ1) is 6.11. The molecule has 1 aromatic rings. The first-order valence-corrected chi connectivity index (χ1v) is 2.78. The summed E-state index contributed by atoms with van der Waals surface area (Å²) in [5.41, 5.74) is 0.803.